The normalized spacial score (nSPS) is 15.8. The minimum atomic E-state index is -0.484. The van der Waals surface area contributed by atoms with Gasteiger partial charge >= 0.3 is 6.09 Å². The maximum Gasteiger partial charge on any atom is 0.410 e. The number of H-pyrrole nitrogens is 1. The number of piperidine rings is 1. The Bertz CT molecular complexity index is 829. The maximum absolute atomic E-state index is 12.4. The number of amides is 2. The quantitative estimate of drug-likeness (QED) is 0.857. The van der Waals surface area contributed by atoms with Crippen molar-refractivity contribution in [3.63, 3.8) is 0 Å². The molecule has 1 saturated heterocycles. The number of aryl methyl sites for hydroxylation is 1. The molecule has 2 N–H and O–H groups in total. The molecular formula is C20H28N4O3. The third kappa shape index (κ3) is 5.21. The Balaban J connectivity index is 1.48. The van der Waals surface area contributed by atoms with Crippen LogP contribution < -0.4 is 5.32 Å². The molecule has 0 bridgehead atoms. The van der Waals surface area contributed by atoms with Gasteiger partial charge in [0, 0.05) is 25.2 Å². The number of likely N-dealkylation sites (tertiary alicyclic amines) is 1. The zero-order valence-corrected chi connectivity index (χ0v) is 16.5. The van der Waals surface area contributed by atoms with Crippen LogP contribution in [0, 0.1) is 12.8 Å². The van der Waals surface area contributed by atoms with Gasteiger partial charge in [-0.2, -0.15) is 0 Å². The first-order chi connectivity index (χ1) is 12.7. The molecule has 0 unspecified atom stereocenters. The molecule has 0 spiro atoms. The number of carbonyl (C=O) groups excluding carboxylic acids is 2. The highest BCUT2D eigenvalue weighted by atomic mass is 16.6. The highest BCUT2D eigenvalue weighted by Gasteiger charge is 2.27. The number of anilines is 1. The number of nitrogens with one attached hydrogen (secondary N) is 2. The molecular weight excluding hydrogens is 344 g/mol. The van der Waals surface area contributed by atoms with Crippen molar-refractivity contribution < 1.29 is 14.3 Å². The number of imidazole rings is 1. The molecule has 7 nitrogen and oxygen atoms in total. The number of benzene rings is 1. The van der Waals surface area contributed by atoms with Crippen LogP contribution in [0.15, 0.2) is 18.2 Å². The number of rotatable bonds is 3. The topological polar surface area (TPSA) is 87.3 Å². The van der Waals surface area contributed by atoms with Crippen LogP contribution in [0.5, 0.6) is 0 Å². The average molecular weight is 372 g/mol. The Kier molecular flexibility index (Phi) is 5.39. The lowest BCUT2D eigenvalue weighted by atomic mass is 9.93. The summed E-state index contributed by atoms with van der Waals surface area (Å²) in [5.74, 6) is 1.13. The Morgan fingerprint density at radius 3 is 2.67 bits per heavy atom. The molecule has 0 radical (unpaired) electrons. The van der Waals surface area contributed by atoms with Crippen LogP contribution in [-0.2, 0) is 9.53 Å². The van der Waals surface area contributed by atoms with Crippen molar-refractivity contribution in [2.24, 2.45) is 5.92 Å². The van der Waals surface area contributed by atoms with E-state index in [1.807, 2.05) is 45.9 Å². The van der Waals surface area contributed by atoms with Gasteiger partial charge in [0.05, 0.1) is 11.0 Å². The molecule has 27 heavy (non-hydrogen) atoms. The van der Waals surface area contributed by atoms with Crippen molar-refractivity contribution in [1.82, 2.24) is 14.9 Å². The van der Waals surface area contributed by atoms with Crippen molar-refractivity contribution >= 4 is 28.7 Å². The Labute approximate surface area is 159 Å². The first kappa shape index (κ1) is 19.2. The molecule has 1 aliphatic heterocycles. The first-order valence-electron chi connectivity index (χ1n) is 9.44. The van der Waals surface area contributed by atoms with Crippen LogP contribution in [0.25, 0.3) is 11.0 Å². The van der Waals surface area contributed by atoms with E-state index in [1.54, 1.807) is 4.90 Å². The number of carbonyl (C=O) groups is 2. The largest absolute Gasteiger partial charge is 0.444 e. The van der Waals surface area contributed by atoms with E-state index in [0.29, 0.717) is 19.5 Å². The third-order valence-corrected chi connectivity index (χ3v) is 4.62. The van der Waals surface area contributed by atoms with Crippen molar-refractivity contribution in [2.75, 3.05) is 18.4 Å². The van der Waals surface area contributed by atoms with Crippen LogP contribution in [0.4, 0.5) is 10.5 Å². The van der Waals surface area contributed by atoms with Crippen LogP contribution in [0.2, 0.25) is 0 Å². The van der Waals surface area contributed by atoms with E-state index in [2.05, 4.69) is 15.3 Å². The van der Waals surface area contributed by atoms with Crippen molar-refractivity contribution in [2.45, 2.75) is 52.6 Å². The van der Waals surface area contributed by atoms with E-state index in [-0.39, 0.29) is 17.9 Å². The predicted octanol–water partition coefficient (Wildman–Crippen LogP) is 3.85. The Morgan fingerprint density at radius 1 is 1.30 bits per heavy atom. The summed E-state index contributed by atoms with van der Waals surface area (Å²) in [6, 6.07) is 5.66. The number of aromatic nitrogens is 2. The second-order valence-electron chi connectivity index (χ2n) is 8.22. The van der Waals surface area contributed by atoms with Gasteiger partial charge in [0.1, 0.15) is 11.4 Å². The minimum absolute atomic E-state index is 0.00121. The van der Waals surface area contributed by atoms with Gasteiger partial charge in [0.15, 0.2) is 0 Å². The van der Waals surface area contributed by atoms with E-state index in [0.717, 1.165) is 35.4 Å². The zero-order valence-electron chi connectivity index (χ0n) is 16.5. The zero-order chi connectivity index (χ0) is 19.6. The van der Waals surface area contributed by atoms with Gasteiger partial charge < -0.3 is 19.9 Å². The fourth-order valence-corrected chi connectivity index (χ4v) is 3.34. The highest BCUT2D eigenvalue weighted by molar-refractivity contribution is 5.93. The fourth-order valence-electron chi connectivity index (χ4n) is 3.34. The Morgan fingerprint density at radius 2 is 2.00 bits per heavy atom. The molecule has 0 atom stereocenters. The molecule has 2 amide bonds. The highest BCUT2D eigenvalue weighted by Crippen LogP contribution is 2.23. The summed E-state index contributed by atoms with van der Waals surface area (Å²) in [6.07, 6.45) is 1.81. The van der Waals surface area contributed by atoms with Gasteiger partial charge in [-0.1, -0.05) is 0 Å². The average Bonchev–Trinajstić information content (AvgIpc) is 2.93. The second kappa shape index (κ2) is 7.58. The summed E-state index contributed by atoms with van der Waals surface area (Å²) in [5.41, 5.74) is 2.08. The van der Waals surface area contributed by atoms with Gasteiger partial charge in [-0.15, -0.1) is 0 Å². The van der Waals surface area contributed by atoms with Crippen LogP contribution in [0.3, 0.4) is 0 Å². The molecule has 7 heteroatoms. The number of fused-ring (bicyclic) bond motifs is 1. The van der Waals surface area contributed by atoms with Crippen LogP contribution in [0.1, 0.15) is 45.9 Å². The number of ether oxygens (including phenoxy) is 1. The molecule has 1 aromatic carbocycles. The minimum Gasteiger partial charge on any atom is -0.444 e. The molecule has 0 saturated carbocycles. The summed E-state index contributed by atoms with van der Waals surface area (Å²) in [5, 5.41) is 2.96. The summed E-state index contributed by atoms with van der Waals surface area (Å²) < 4.78 is 5.41. The van der Waals surface area contributed by atoms with E-state index in [1.165, 1.54) is 0 Å². The number of hydrogen-bond acceptors (Lipinski definition) is 4. The molecule has 2 aromatic rings. The molecule has 1 aliphatic rings. The molecule has 1 aromatic heterocycles. The van der Waals surface area contributed by atoms with Gasteiger partial charge in [-0.05, 0) is 64.7 Å². The Hall–Kier alpha value is -2.57. The number of hydrogen-bond donors (Lipinski definition) is 2. The van der Waals surface area contributed by atoms with Gasteiger partial charge in [-0.3, -0.25) is 4.79 Å². The van der Waals surface area contributed by atoms with Crippen LogP contribution >= 0.6 is 0 Å². The molecule has 3 rings (SSSR count). The molecule has 0 aliphatic carbocycles. The van der Waals surface area contributed by atoms with Crippen molar-refractivity contribution in [3.05, 3.63) is 24.0 Å². The smallest absolute Gasteiger partial charge is 0.410 e. The SMILES string of the molecule is Cc1nc2ccc(NC(=O)CC3CCN(C(=O)OC(C)(C)C)CC3)cc2[nH]1. The third-order valence-electron chi connectivity index (χ3n) is 4.62. The van der Waals surface area contributed by atoms with Gasteiger partial charge in [0.25, 0.3) is 0 Å². The van der Waals surface area contributed by atoms with Crippen LogP contribution in [-0.4, -0.2) is 45.6 Å². The molecule has 1 fully saturated rings. The summed E-state index contributed by atoms with van der Waals surface area (Å²) in [4.78, 5) is 33.8. The maximum atomic E-state index is 12.4. The summed E-state index contributed by atoms with van der Waals surface area (Å²) in [7, 11) is 0. The van der Waals surface area contributed by atoms with Crippen molar-refractivity contribution in [1.29, 1.82) is 0 Å². The lowest BCUT2D eigenvalue weighted by Gasteiger charge is -2.33. The fraction of sp³-hybridized carbons (Fsp3) is 0.550. The monoisotopic (exact) mass is 372 g/mol. The standard InChI is InChI=1S/C20H28N4O3/c1-13-21-16-6-5-15(12-17(16)22-13)23-18(25)11-14-7-9-24(10-8-14)19(26)27-20(2,3)4/h5-6,12,14H,7-11H2,1-4H3,(H,21,22)(H,23,25). The van der Waals surface area contributed by atoms with Gasteiger partial charge in [-0.25, -0.2) is 9.78 Å². The van der Waals surface area contributed by atoms with E-state index < -0.39 is 5.60 Å². The predicted molar refractivity (Wildman–Crippen MR) is 105 cm³/mol. The lowest BCUT2D eigenvalue weighted by Crippen LogP contribution is -2.42. The number of nitrogens with zero attached hydrogens (tertiary/aromatic N) is 2. The molecule has 2 heterocycles. The first-order valence-corrected chi connectivity index (χ1v) is 9.44. The van der Waals surface area contributed by atoms with Gasteiger partial charge in [0.2, 0.25) is 5.91 Å². The molecule has 146 valence electrons. The summed E-state index contributed by atoms with van der Waals surface area (Å²) >= 11 is 0. The lowest BCUT2D eigenvalue weighted by molar-refractivity contribution is -0.117. The van der Waals surface area contributed by atoms with E-state index in [4.69, 9.17) is 4.74 Å². The summed E-state index contributed by atoms with van der Waals surface area (Å²) in [6.45, 7) is 8.76. The van der Waals surface area contributed by atoms with E-state index in [9.17, 15) is 9.59 Å². The number of aromatic amines is 1. The van der Waals surface area contributed by atoms with E-state index >= 15 is 0 Å². The van der Waals surface area contributed by atoms with Crippen molar-refractivity contribution in [3.8, 4) is 0 Å². The second-order valence-corrected chi connectivity index (χ2v) is 8.22.